The summed E-state index contributed by atoms with van der Waals surface area (Å²) in [5.41, 5.74) is 0. The highest BCUT2D eigenvalue weighted by Gasteiger charge is 2.18. The molecule has 18 heavy (non-hydrogen) atoms. The van der Waals surface area contributed by atoms with Crippen molar-refractivity contribution in [2.24, 2.45) is 5.92 Å². The van der Waals surface area contributed by atoms with Crippen LogP contribution in [0.5, 0.6) is 0 Å². The second-order valence-electron chi connectivity index (χ2n) is 5.34. The average molecular weight is 267 g/mol. The Hall–Kier alpha value is -0.380. The molecule has 1 fully saturated rings. The van der Waals surface area contributed by atoms with Crippen molar-refractivity contribution in [3.63, 3.8) is 0 Å². The van der Waals surface area contributed by atoms with Gasteiger partial charge in [0.2, 0.25) is 0 Å². The van der Waals surface area contributed by atoms with Crippen molar-refractivity contribution in [1.29, 1.82) is 0 Å². The normalized spacial score (nSPS) is 24.3. The van der Waals surface area contributed by atoms with Crippen LogP contribution in [0.1, 0.15) is 37.5 Å². The molecule has 0 radical (unpaired) electrons. The van der Waals surface area contributed by atoms with Crippen LogP contribution in [-0.2, 0) is 11.2 Å². The van der Waals surface area contributed by atoms with Crippen LogP contribution in [0.3, 0.4) is 0 Å². The third kappa shape index (κ3) is 5.09. The van der Waals surface area contributed by atoms with Gasteiger partial charge in [-0.15, -0.1) is 11.3 Å². The minimum atomic E-state index is 0.521. The number of ether oxygens (including phenoxy) is 1. The Morgan fingerprint density at radius 3 is 3.11 bits per heavy atom. The third-order valence-corrected chi connectivity index (χ3v) is 4.59. The average Bonchev–Trinajstić information content (AvgIpc) is 2.87. The highest BCUT2D eigenvalue weighted by molar-refractivity contribution is 7.09. The first-order valence-electron chi connectivity index (χ1n) is 7.19. The van der Waals surface area contributed by atoms with Gasteiger partial charge in [-0.2, -0.15) is 0 Å². The summed E-state index contributed by atoms with van der Waals surface area (Å²) >= 11 is 1.84. The summed E-state index contributed by atoms with van der Waals surface area (Å²) in [5.74, 6) is 0.857. The van der Waals surface area contributed by atoms with Crippen LogP contribution >= 0.6 is 11.3 Å². The van der Waals surface area contributed by atoms with Crippen LogP contribution in [0.15, 0.2) is 17.5 Å². The van der Waals surface area contributed by atoms with E-state index in [1.54, 1.807) is 0 Å². The quantitative estimate of drug-likeness (QED) is 0.764. The monoisotopic (exact) mass is 267 g/mol. The largest absolute Gasteiger partial charge is 0.377 e. The molecule has 1 aromatic rings. The molecular weight excluding hydrogens is 242 g/mol. The maximum atomic E-state index is 5.93. The fraction of sp³-hybridized carbons (Fsp3) is 0.733. The molecule has 2 atom stereocenters. The van der Waals surface area contributed by atoms with E-state index in [0.717, 1.165) is 32.0 Å². The van der Waals surface area contributed by atoms with Gasteiger partial charge in [0, 0.05) is 18.0 Å². The summed E-state index contributed by atoms with van der Waals surface area (Å²) in [6.45, 7) is 5.25. The fourth-order valence-electron chi connectivity index (χ4n) is 2.62. The second kappa shape index (κ2) is 7.93. The molecule has 2 rings (SSSR count). The molecule has 1 aliphatic carbocycles. The molecule has 102 valence electrons. The summed E-state index contributed by atoms with van der Waals surface area (Å²) in [5, 5.41) is 5.60. The molecule has 0 aliphatic heterocycles. The number of rotatable bonds is 7. The first-order chi connectivity index (χ1) is 8.84. The van der Waals surface area contributed by atoms with E-state index in [1.165, 1.54) is 30.6 Å². The second-order valence-corrected chi connectivity index (χ2v) is 6.38. The molecule has 1 heterocycles. The van der Waals surface area contributed by atoms with Crippen molar-refractivity contribution in [2.75, 3.05) is 19.7 Å². The lowest BCUT2D eigenvalue weighted by molar-refractivity contribution is 0.0175. The SMILES string of the molecule is CC1CCCC(OCCNCCc2cccs2)C1. The van der Waals surface area contributed by atoms with E-state index < -0.39 is 0 Å². The van der Waals surface area contributed by atoms with Gasteiger partial charge in [0.25, 0.3) is 0 Å². The molecular formula is C15H25NOS. The molecule has 2 nitrogen and oxygen atoms in total. The van der Waals surface area contributed by atoms with Gasteiger partial charge in [-0.1, -0.05) is 25.8 Å². The Kier molecular flexibility index (Phi) is 6.18. The van der Waals surface area contributed by atoms with E-state index in [2.05, 4.69) is 29.8 Å². The molecule has 1 saturated carbocycles. The van der Waals surface area contributed by atoms with Crippen LogP contribution in [0, 0.1) is 5.92 Å². The molecule has 2 unspecified atom stereocenters. The van der Waals surface area contributed by atoms with E-state index in [4.69, 9.17) is 4.74 Å². The Morgan fingerprint density at radius 1 is 1.39 bits per heavy atom. The number of hydrogen-bond donors (Lipinski definition) is 1. The van der Waals surface area contributed by atoms with Gasteiger partial charge in [0.15, 0.2) is 0 Å². The molecule has 0 bridgehead atoms. The minimum Gasteiger partial charge on any atom is -0.377 e. The molecule has 0 spiro atoms. The zero-order chi connectivity index (χ0) is 12.6. The fourth-order valence-corrected chi connectivity index (χ4v) is 3.33. The summed E-state index contributed by atoms with van der Waals surface area (Å²) in [7, 11) is 0. The lowest BCUT2D eigenvalue weighted by atomic mass is 9.89. The van der Waals surface area contributed by atoms with E-state index in [-0.39, 0.29) is 0 Å². The smallest absolute Gasteiger partial charge is 0.0594 e. The van der Waals surface area contributed by atoms with Crippen LogP contribution in [0.2, 0.25) is 0 Å². The zero-order valence-corrected chi connectivity index (χ0v) is 12.2. The summed E-state index contributed by atoms with van der Waals surface area (Å²) in [4.78, 5) is 1.46. The minimum absolute atomic E-state index is 0.521. The number of nitrogens with one attached hydrogen (secondary N) is 1. The lowest BCUT2D eigenvalue weighted by Crippen LogP contribution is -2.27. The third-order valence-electron chi connectivity index (χ3n) is 3.65. The summed E-state index contributed by atoms with van der Waals surface area (Å²) < 4.78 is 5.93. The van der Waals surface area contributed by atoms with Gasteiger partial charge in [-0.05, 0) is 36.6 Å². The van der Waals surface area contributed by atoms with Gasteiger partial charge in [0.05, 0.1) is 12.7 Å². The Balaban J connectivity index is 1.46. The maximum absolute atomic E-state index is 5.93. The first kappa shape index (κ1) is 14.0. The van der Waals surface area contributed by atoms with E-state index in [0.29, 0.717) is 6.10 Å². The van der Waals surface area contributed by atoms with Crippen LogP contribution in [0.4, 0.5) is 0 Å². The molecule has 1 aromatic heterocycles. The van der Waals surface area contributed by atoms with Gasteiger partial charge < -0.3 is 10.1 Å². The Bertz CT molecular complexity index is 312. The summed E-state index contributed by atoms with van der Waals surface area (Å²) in [6, 6.07) is 4.32. The van der Waals surface area contributed by atoms with Crippen LogP contribution in [-0.4, -0.2) is 25.8 Å². The maximum Gasteiger partial charge on any atom is 0.0594 e. The van der Waals surface area contributed by atoms with Crippen molar-refractivity contribution in [3.05, 3.63) is 22.4 Å². The molecule has 1 aliphatic rings. The standard InChI is InChI=1S/C15H25NOS/c1-13-4-2-5-14(12-13)17-10-9-16-8-7-15-6-3-11-18-15/h3,6,11,13-14,16H,2,4-5,7-10,12H2,1H3. The lowest BCUT2D eigenvalue weighted by Gasteiger charge is -2.26. The van der Waals surface area contributed by atoms with Gasteiger partial charge in [0.1, 0.15) is 0 Å². The molecule has 3 heteroatoms. The summed E-state index contributed by atoms with van der Waals surface area (Å²) in [6.07, 6.45) is 6.91. The molecule has 1 N–H and O–H groups in total. The first-order valence-corrected chi connectivity index (χ1v) is 8.07. The predicted molar refractivity (Wildman–Crippen MR) is 78.3 cm³/mol. The van der Waals surface area contributed by atoms with Gasteiger partial charge in [-0.25, -0.2) is 0 Å². The number of thiophene rings is 1. The molecule has 0 saturated heterocycles. The molecule has 0 aromatic carbocycles. The van der Waals surface area contributed by atoms with Crippen molar-refractivity contribution in [1.82, 2.24) is 5.32 Å². The van der Waals surface area contributed by atoms with Crippen LogP contribution in [0.25, 0.3) is 0 Å². The van der Waals surface area contributed by atoms with Crippen molar-refractivity contribution in [2.45, 2.75) is 45.1 Å². The van der Waals surface area contributed by atoms with E-state index in [9.17, 15) is 0 Å². The Morgan fingerprint density at radius 2 is 2.33 bits per heavy atom. The highest BCUT2D eigenvalue weighted by Crippen LogP contribution is 2.25. The Labute approximate surface area is 115 Å². The van der Waals surface area contributed by atoms with E-state index >= 15 is 0 Å². The van der Waals surface area contributed by atoms with Crippen molar-refractivity contribution in [3.8, 4) is 0 Å². The highest BCUT2D eigenvalue weighted by atomic mass is 32.1. The van der Waals surface area contributed by atoms with Crippen LogP contribution < -0.4 is 5.32 Å². The molecule has 0 amide bonds. The number of hydrogen-bond acceptors (Lipinski definition) is 3. The van der Waals surface area contributed by atoms with E-state index in [1.807, 2.05) is 11.3 Å². The van der Waals surface area contributed by atoms with Gasteiger partial charge in [-0.3, -0.25) is 0 Å². The topological polar surface area (TPSA) is 21.3 Å². The predicted octanol–water partition coefficient (Wildman–Crippen LogP) is 3.48. The van der Waals surface area contributed by atoms with Gasteiger partial charge >= 0.3 is 0 Å². The zero-order valence-electron chi connectivity index (χ0n) is 11.4. The van der Waals surface area contributed by atoms with Crippen molar-refractivity contribution >= 4 is 11.3 Å². The van der Waals surface area contributed by atoms with Crippen molar-refractivity contribution < 1.29 is 4.74 Å².